The molecule has 0 fully saturated rings. The first kappa shape index (κ1) is 20.2. The third-order valence-corrected chi connectivity index (χ3v) is 5.13. The lowest BCUT2D eigenvalue weighted by Gasteiger charge is -2.06. The molecule has 156 valence electrons. The highest BCUT2D eigenvalue weighted by Gasteiger charge is 2.20. The lowest BCUT2D eigenvalue weighted by molar-refractivity contribution is 0.291. The van der Waals surface area contributed by atoms with Gasteiger partial charge in [0.25, 0.3) is 0 Å². The molecule has 0 aliphatic rings. The van der Waals surface area contributed by atoms with Crippen LogP contribution in [0.5, 0.6) is 11.5 Å². The second kappa shape index (κ2) is 8.74. The molecular weight excluding hydrogens is 386 g/mol. The van der Waals surface area contributed by atoms with Gasteiger partial charge in [-0.05, 0) is 49.2 Å². The van der Waals surface area contributed by atoms with E-state index in [2.05, 4.69) is 6.92 Å². The monoisotopic (exact) mass is 410 g/mol. The van der Waals surface area contributed by atoms with E-state index in [1.807, 2.05) is 6.92 Å². The highest BCUT2D eigenvalue weighted by Crippen LogP contribution is 2.38. The van der Waals surface area contributed by atoms with E-state index in [0.29, 0.717) is 35.1 Å². The minimum atomic E-state index is -0.595. The number of hydrogen-bond acceptors (Lipinski definition) is 3. The van der Waals surface area contributed by atoms with E-state index in [9.17, 15) is 4.39 Å². The number of ether oxygens (including phenoxy) is 2. The summed E-state index contributed by atoms with van der Waals surface area (Å²) in [6.45, 7) is 5.00. The van der Waals surface area contributed by atoms with Gasteiger partial charge < -0.3 is 13.9 Å². The third-order valence-electron chi connectivity index (χ3n) is 5.13. The van der Waals surface area contributed by atoms with Crippen molar-refractivity contribution < 1.29 is 22.7 Å². The predicted octanol–water partition coefficient (Wildman–Crippen LogP) is 7.50. The van der Waals surface area contributed by atoms with Crippen molar-refractivity contribution in [1.82, 2.24) is 0 Å². The minimum absolute atomic E-state index is 0.0146. The Morgan fingerprint density at radius 3 is 2.17 bits per heavy atom. The fourth-order valence-electron chi connectivity index (χ4n) is 3.59. The van der Waals surface area contributed by atoms with Crippen molar-refractivity contribution in [3.05, 3.63) is 60.2 Å². The molecule has 5 heteroatoms. The van der Waals surface area contributed by atoms with Crippen molar-refractivity contribution >= 4 is 21.9 Å². The molecule has 0 unspecified atom stereocenters. The van der Waals surface area contributed by atoms with Crippen molar-refractivity contribution in [2.24, 2.45) is 0 Å². The maximum atomic E-state index is 15.3. The zero-order valence-electron chi connectivity index (χ0n) is 17.1. The summed E-state index contributed by atoms with van der Waals surface area (Å²) in [6.07, 6.45) is 2.94. The topological polar surface area (TPSA) is 31.6 Å². The summed E-state index contributed by atoms with van der Waals surface area (Å²) < 4.78 is 46.9. The second-order valence-corrected chi connectivity index (χ2v) is 7.17. The van der Waals surface area contributed by atoms with Crippen LogP contribution in [0, 0.1) is 11.6 Å². The summed E-state index contributed by atoms with van der Waals surface area (Å²) in [6, 6.07) is 13.9. The number of benzene rings is 3. The van der Waals surface area contributed by atoms with E-state index in [1.165, 1.54) is 0 Å². The Labute approximate surface area is 174 Å². The van der Waals surface area contributed by atoms with Gasteiger partial charge in [0.05, 0.1) is 13.2 Å². The fraction of sp³-hybridized carbons (Fsp3) is 0.280. The van der Waals surface area contributed by atoms with E-state index < -0.39 is 11.6 Å². The van der Waals surface area contributed by atoms with Crippen LogP contribution in [-0.4, -0.2) is 13.2 Å². The van der Waals surface area contributed by atoms with Gasteiger partial charge in [0.15, 0.2) is 22.7 Å². The van der Waals surface area contributed by atoms with Gasteiger partial charge in [0, 0.05) is 16.3 Å². The van der Waals surface area contributed by atoms with Crippen LogP contribution in [0.2, 0.25) is 0 Å². The van der Waals surface area contributed by atoms with Gasteiger partial charge in [0.2, 0.25) is 5.82 Å². The number of fused-ring (bicyclic) bond motifs is 3. The average Bonchev–Trinajstić information content (AvgIpc) is 3.14. The molecule has 0 atom stereocenters. The van der Waals surface area contributed by atoms with Crippen LogP contribution < -0.4 is 9.47 Å². The number of hydrogen-bond donors (Lipinski definition) is 0. The molecule has 0 aliphatic carbocycles. The van der Waals surface area contributed by atoms with Crippen LogP contribution in [0.4, 0.5) is 8.78 Å². The number of furan rings is 1. The predicted molar refractivity (Wildman–Crippen MR) is 115 cm³/mol. The molecule has 30 heavy (non-hydrogen) atoms. The Kier molecular flexibility index (Phi) is 5.88. The molecule has 0 amide bonds. The third kappa shape index (κ3) is 3.72. The van der Waals surface area contributed by atoms with Crippen molar-refractivity contribution in [1.29, 1.82) is 0 Å². The Balaban J connectivity index is 1.72. The molecule has 4 aromatic rings. The van der Waals surface area contributed by atoms with E-state index in [4.69, 9.17) is 13.9 Å². The van der Waals surface area contributed by atoms with Gasteiger partial charge in [-0.15, -0.1) is 0 Å². The molecule has 0 aliphatic heterocycles. The van der Waals surface area contributed by atoms with Gasteiger partial charge in [0.1, 0.15) is 5.75 Å². The van der Waals surface area contributed by atoms with Crippen LogP contribution >= 0.6 is 0 Å². The molecule has 4 rings (SSSR count). The van der Waals surface area contributed by atoms with Crippen LogP contribution in [0.25, 0.3) is 33.1 Å². The van der Waals surface area contributed by atoms with Crippen LogP contribution in [0.15, 0.2) is 52.9 Å². The Bertz CT molecular complexity index is 1160. The van der Waals surface area contributed by atoms with Gasteiger partial charge in [-0.25, -0.2) is 4.39 Å². The summed E-state index contributed by atoms with van der Waals surface area (Å²) in [5, 5.41) is 1.06. The van der Waals surface area contributed by atoms with Crippen molar-refractivity contribution in [2.45, 2.75) is 33.1 Å². The standard InChI is InChI=1S/C25H24F2O3/c1-3-5-6-15-29-21-14-13-20-19-12-11-18(16-7-9-17(10-8-16)28-4-2)22(26)24(19)30-25(20)23(21)27/h7-14H,3-6,15H2,1-2H3. The molecule has 0 N–H and O–H groups in total. The SMILES string of the molecule is CCCCCOc1ccc2c(oc3c(F)c(-c4ccc(OCC)cc4)ccc32)c1F. The van der Waals surface area contributed by atoms with E-state index in [0.717, 1.165) is 25.0 Å². The molecular formula is C25H24F2O3. The smallest absolute Gasteiger partial charge is 0.208 e. The molecule has 1 heterocycles. The molecule has 0 saturated carbocycles. The molecule has 0 radical (unpaired) electrons. The number of unbranched alkanes of at least 4 members (excludes halogenated alkanes) is 2. The first-order valence-electron chi connectivity index (χ1n) is 10.3. The normalized spacial score (nSPS) is 11.3. The lowest BCUT2D eigenvalue weighted by Crippen LogP contribution is -1.99. The summed E-state index contributed by atoms with van der Waals surface area (Å²) in [5.41, 5.74) is 1.14. The molecule has 0 spiro atoms. The van der Waals surface area contributed by atoms with Gasteiger partial charge in [-0.2, -0.15) is 4.39 Å². The molecule has 0 bridgehead atoms. The quantitative estimate of drug-likeness (QED) is 0.282. The molecule has 1 aromatic heterocycles. The summed E-state index contributed by atoms with van der Waals surface area (Å²) in [5.74, 6) is -0.260. The molecule has 0 saturated heterocycles. The van der Waals surface area contributed by atoms with Crippen molar-refractivity contribution in [2.75, 3.05) is 13.2 Å². The van der Waals surface area contributed by atoms with Gasteiger partial charge in [-0.3, -0.25) is 0 Å². The Morgan fingerprint density at radius 1 is 0.767 bits per heavy atom. The molecule has 3 aromatic carbocycles. The average molecular weight is 410 g/mol. The zero-order chi connectivity index (χ0) is 21.1. The summed E-state index contributed by atoms with van der Waals surface area (Å²) in [7, 11) is 0. The van der Waals surface area contributed by atoms with E-state index in [-0.39, 0.29) is 16.9 Å². The number of halogens is 2. The maximum absolute atomic E-state index is 15.3. The summed E-state index contributed by atoms with van der Waals surface area (Å²) >= 11 is 0. The van der Waals surface area contributed by atoms with Gasteiger partial charge >= 0.3 is 0 Å². The Morgan fingerprint density at radius 2 is 1.47 bits per heavy atom. The summed E-state index contributed by atoms with van der Waals surface area (Å²) in [4.78, 5) is 0. The van der Waals surface area contributed by atoms with Gasteiger partial charge in [-0.1, -0.05) is 38.0 Å². The second-order valence-electron chi connectivity index (χ2n) is 7.17. The minimum Gasteiger partial charge on any atom is -0.494 e. The van der Waals surface area contributed by atoms with Crippen molar-refractivity contribution in [3.63, 3.8) is 0 Å². The number of rotatable bonds is 8. The maximum Gasteiger partial charge on any atom is 0.208 e. The first-order chi connectivity index (χ1) is 14.6. The first-order valence-corrected chi connectivity index (χ1v) is 10.3. The highest BCUT2D eigenvalue weighted by molar-refractivity contribution is 6.06. The fourth-order valence-corrected chi connectivity index (χ4v) is 3.59. The lowest BCUT2D eigenvalue weighted by atomic mass is 10.0. The van der Waals surface area contributed by atoms with E-state index >= 15 is 4.39 Å². The Hall–Kier alpha value is -3.08. The van der Waals surface area contributed by atoms with Crippen LogP contribution in [0.3, 0.4) is 0 Å². The van der Waals surface area contributed by atoms with Crippen molar-refractivity contribution in [3.8, 4) is 22.6 Å². The largest absolute Gasteiger partial charge is 0.494 e. The zero-order valence-corrected chi connectivity index (χ0v) is 17.1. The van der Waals surface area contributed by atoms with E-state index in [1.54, 1.807) is 48.5 Å². The van der Waals surface area contributed by atoms with Crippen LogP contribution in [-0.2, 0) is 0 Å². The highest BCUT2D eigenvalue weighted by atomic mass is 19.1. The van der Waals surface area contributed by atoms with Crippen LogP contribution in [0.1, 0.15) is 33.1 Å². The molecule has 3 nitrogen and oxygen atoms in total.